The lowest BCUT2D eigenvalue weighted by Crippen LogP contribution is -2.04. The molecule has 0 atom stereocenters. The van der Waals surface area contributed by atoms with Crippen molar-refractivity contribution < 1.29 is 13.3 Å². The van der Waals surface area contributed by atoms with Gasteiger partial charge in [-0.1, -0.05) is 11.2 Å². The zero-order valence-corrected chi connectivity index (χ0v) is 15.6. The molecular formula is C20H13F2N7O. The first-order valence-corrected chi connectivity index (χ1v) is 8.98. The second-order valence-electron chi connectivity index (χ2n) is 6.63. The zero-order chi connectivity index (χ0) is 20.7. The summed E-state index contributed by atoms with van der Waals surface area (Å²) in [5.41, 5.74) is 2.94. The highest BCUT2D eigenvalue weighted by molar-refractivity contribution is 5.65. The van der Waals surface area contributed by atoms with Crippen LogP contribution in [0.3, 0.4) is 0 Å². The first-order valence-electron chi connectivity index (χ1n) is 8.98. The van der Waals surface area contributed by atoms with Gasteiger partial charge in [-0.05, 0) is 31.2 Å². The first-order chi connectivity index (χ1) is 14.6. The summed E-state index contributed by atoms with van der Waals surface area (Å²) in [6.45, 7) is 2.14. The van der Waals surface area contributed by atoms with Gasteiger partial charge in [0, 0.05) is 6.07 Å². The number of fused-ring (bicyclic) bond motifs is 1. The molecule has 0 unspecified atom stereocenters. The van der Waals surface area contributed by atoms with Crippen molar-refractivity contribution in [3.63, 3.8) is 0 Å². The summed E-state index contributed by atoms with van der Waals surface area (Å²) in [5, 5.41) is 16.4. The summed E-state index contributed by atoms with van der Waals surface area (Å²) in [6, 6.07) is 9.29. The van der Waals surface area contributed by atoms with E-state index in [1.165, 1.54) is 18.3 Å². The maximum absolute atomic E-state index is 14.0. The number of nitrogens with zero attached hydrogens (tertiary/aromatic N) is 7. The lowest BCUT2D eigenvalue weighted by atomic mass is 10.2. The van der Waals surface area contributed by atoms with Gasteiger partial charge in [-0.2, -0.15) is 10.2 Å². The molecule has 10 heteroatoms. The van der Waals surface area contributed by atoms with E-state index in [-0.39, 0.29) is 11.4 Å². The summed E-state index contributed by atoms with van der Waals surface area (Å²) in [6.07, 6.45) is 3.16. The molecule has 0 fully saturated rings. The Balaban J connectivity index is 1.42. The SMILES string of the molecule is Cc1ccc(-c2cc(Cn3cc4nc(-c5cccc(F)c5F)nc-4cn3)on2)nn1. The predicted octanol–water partition coefficient (Wildman–Crippen LogP) is 3.52. The van der Waals surface area contributed by atoms with Gasteiger partial charge in [-0.3, -0.25) is 4.68 Å². The highest BCUT2D eigenvalue weighted by Crippen LogP contribution is 2.27. The van der Waals surface area contributed by atoms with Gasteiger partial charge >= 0.3 is 0 Å². The van der Waals surface area contributed by atoms with Gasteiger partial charge in [0.2, 0.25) is 0 Å². The largest absolute Gasteiger partial charge is 0.359 e. The summed E-state index contributed by atoms with van der Waals surface area (Å²) >= 11 is 0. The maximum Gasteiger partial charge on any atom is 0.169 e. The van der Waals surface area contributed by atoms with Crippen LogP contribution >= 0.6 is 0 Å². The van der Waals surface area contributed by atoms with E-state index in [0.29, 0.717) is 35.1 Å². The quantitative estimate of drug-likeness (QED) is 0.451. The van der Waals surface area contributed by atoms with Gasteiger partial charge in [-0.15, -0.1) is 5.10 Å². The minimum absolute atomic E-state index is 0.00293. The Labute approximate surface area is 168 Å². The smallest absolute Gasteiger partial charge is 0.169 e. The minimum Gasteiger partial charge on any atom is -0.359 e. The zero-order valence-electron chi connectivity index (χ0n) is 15.6. The molecule has 0 amide bonds. The van der Waals surface area contributed by atoms with Gasteiger partial charge in [0.05, 0.1) is 23.7 Å². The Morgan fingerprint density at radius 1 is 0.967 bits per heavy atom. The molecule has 0 saturated carbocycles. The third-order valence-corrected chi connectivity index (χ3v) is 4.44. The van der Waals surface area contributed by atoms with Gasteiger partial charge in [0.25, 0.3) is 0 Å². The lowest BCUT2D eigenvalue weighted by molar-refractivity contribution is 0.372. The molecule has 0 N–H and O–H groups in total. The minimum atomic E-state index is -0.984. The number of benzene rings is 1. The van der Waals surface area contributed by atoms with Crippen molar-refractivity contribution >= 4 is 0 Å². The summed E-state index contributed by atoms with van der Waals surface area (Å²) in [4.78, 5) is 8.54. The molecule has 5 rings (SSSR count). The highest BCUT2D eigenvalue weighted by atomic mass is 19.2. The van der Waals surface area contributed by atoms with Crippen LogP contribution in [0.5, 0.6) is 0 Å². The van der Waals surface area contributed by atoms with Crippen molar-refractivity contribution in [3.8, 4) is 34.2 Å². The van der Waals surface area contributed by atoms with Crippen molar-refractivity contribution in [3.05, 3.63) is 71.9 Å². The number of imidazole rings is 1. The molecule has 148 valence electrons. The van der Waals surface area contributed by atoms with Crippen LogP contribution in [-0.4, -0.2) is 35.1 Å². The van der Waals surface area contributed by atoms with Crippen LogP contribution in [0, 0.1) is 18.6 Å². The van der Waals surface area contributed by atoms with E-state index >= 15 is 0 Å². The monoisotopic (exact) mass is 405 g/mol. The third-order valence-electron chi connectivity index (χ3n) is 4.44. The first kappa shape index (κ1) is 18.0. The van der Waals surface area contributed by atoms with E-state index in [1.54, 1.807) is 16.9 Å². The van der Waals surface area contributed by atoms with Crippen LogP contribution in [-0.2, 0) is 6.54 Å². The van der Waals surface area contributed by atoms with Crippen molar-refractivity contribution in [2.45, 2.75) is 13.5 Å². The van der Waals surface area contributed by atoms with Gasteiger partial charge in [-0.25, -0.2) is 18.7 Å². The van der Waals surface area contributed by atoms with Gasteiger partial charge in [0.15, 0.2) is 23.2 Å². The van der Waals surface area contributed by atoms with E-state index in [2.05, 4.69) is 30.4 Å². The molecule has 0 bridgehead atoms. The predicted molar refractivity (Wildman–Crippen MR) is 101 cm³/mol. The number of hydrogen-bond acceptors (Lipinski definition) is 7. The lowest BCUT2D eigenvalue weighted by Gasteiger charge is -2.03. The summed E-state index contributed by atoms with van der Waals surface area (Å²) in [5.74, 6) is -1.28. The van der Waals surface area contributed by atoms with E-state index in [0.717, 1.165) is 11.8 Å². The molecular weight excluding hydrogens is 392 g/mol. The standard InChI is InChI=1S/C20H13F2N7O/c1-11-5-6-15(27-26-11)16-7-12(30-28-16)9-29-10-18-17(8-23-29)24-20(25-18)13-3-2-4-14(21)19(13)22/h2-8,10H,9H2,1H3. The van der Waals surface area contributed by atoms with Crippen molar-refractivity contribution in [2.24, 2.45) is 0 Å². The Morgan fingerprint density at radius 2 is 1.83 bits per heavy atom. The van der Waals surface area contributed by atoms with Crippen LogP contribution < -0.4 is 0 Å². The summed E-state index contributed by atoms with van der Waals surface area (Å²) < 4.78 is 34.5. The van der Waals surface area contributed by atoms with Crippen LogP contribution in [0.15, 0.2) is 53.3 Å². The van der Waals surface area contributed by atoms with Crippen molar-refractivity contribution in [2.75, 3.05) is 0 Å². The van der Waals surface area contributed by atoms with E-state index in [4.69, 9.17) is 4.52 Å². The van der Waals surface area contributed by atoms with Crippen LogP contribution in [0.4, 0.5) is 8.78 Å². The molecule has 3 aromatic rings. The fraction of sp³-hybridized carbons (Fsp3) is 0.100. The average Bonchev–Trinajstić information content (AvgIpc) is 3.37. The topological polar surface area (TPSA) is 95.4 Å². The Kier molecular flexibility index (Phi) is 4.24. The maximum atomic E-state index is 14.0. The normalized spacial score (nSPS) is 11.3. The number of aromatic nitrogens is 7. The molecule has 1 aromatic carbocycles. The third kappa shape index (κ3) is 3.28. The van der Waals surface area contributed by atoms with Gasteiger partial charge in [0.1, 0.15) is 29.3 Å². The van der Waals surface area contributed by atoms with E-state index < -0.39 is 11.6 Å². The molecule has 0 aliphatic carbocycles. The Morgan fingerprint density at radius 3 is 2.67 bits per heavy atom. The summed E-state index contributed by atoms with van der Waals surface area (Å²) in [7, 11) is 0. The molecule has 0 spiro atoms. The van der Waals surface area contributed by atoms with E-state index in [9.17, 15) is 8.78 Å². The fourth-order valence-corrected chi connectivity index (χ4v) is 2.95. The molecule has 2 aromatic heterocycles. The van der Waals surface area contributed by atoms with Crippen LogP contribution in [0.2, 0.25) is 0 Å². The molecule has 0 saturated heterocycles. The highest BCUT2D eigenvalue weighted by Gasteiger charge is 2.18. The van der Waals surface area contributed by atoms with Crippen molar-refractivity contribution in [1.82, 2.24) is 35.1 Å². The number of aryl methyl sites for hydroxylation is 1. The Hall–Kier alpha value is -4.08. The molecule has 4 heterocycles. The van der Waals surface area contributed by atoms with Crippen molar-refractivity contribution in [1.29, 1.82) is 0 Å². The number of hydrogen-bond donors (Lipinski definition) is 0. The van der Waals surface area contributed by atoms with E-state index in [1.807, 2.05) is 19.1 Å². The number of rotatable bonds is 4. The molecule has 30 heavy (non-hydrogen) atoms. The van der Waals surface area contributed by atoms with Crippen LogP contribution in [0.25, 0.3) is 34.2 Å². The molecule has 8 nitrogen and oxygen atoms in total. The van der Waals surface area contributed by atoms with Crippen LogP contribution in [0.1, 0.15) is 11.5 Å². The molecule has 2 aliphatic rings. The van der Waals surface area contributed by atoms with Gasteiger partial charge < -0.3 is 4.52 Å². The molecule has 0 radical (unpaired) electrons. The second kappa shape index (κ2) is 7.07. The molecule has 2 aliphatic heterocycles. The second-order valence-corrected chi connectivity index (χ2v) is 6.63. The Bertz CT molecular complexity index is 1310. The average molecular weight is 405 g/mol. The number of halogens is 2. The fourth-order valence-electron chi connectivity index (χ4n) is 2.95.